The summed E-state index contributed by atoms with van der Waals surface area (Å²) in [6.45, 7) is 4.10. The fourth-order valence-electron chi connectivity index (χ4n) is 4.36. The van der Waals surface area contributed by atoms with Gasteiger partial charge in [-0.2, -0.15) is 5.26 Å². The van der Waals surface area contributed by atoms with Gasteiger partial charge in [-0.15, -0.1) is 10.2 Å². The molecule has 4 rings (SSSR count). The highest BCUT2D eigenvalue weighted by Gasteiger charge is 2.29. The molecule has 0 spiro atoms. The number of nitriles is 1. The molecule has 0 saturated heterocycles. The van der Waals surface area contributed by atoms with E-state index >= 15 is 0 Å². The Kier molecular flexibility index (Phi) is 7.97. The molecule has 1 amide bonds. The highest BCUT2D eigenvalue weighted by molar-refractivity contribution is 5.97. The first-order valence-corrected chi connectivity index (χ1v) is 12.2. The number of carbonyl (C=O) groups is 1. The Labute approximate surface area is 216 Å². The van der Waals surface area contributed by atoms with E-state index in [-0.39, 0.29) is 17.8 Å². The Balaban J connectivity index is 1.71. The van der Waals surface area contributed by atoms with Gasteiger partial charge in [0.2, 0.25) is 11.8 Å². The van der Waals surface area contributed by atoms with Crippen molar-refractivity contribution in [2.24, 2.45) is 5.73 Å². The average Bonchev–Trinajstić information content (AvgIpc) is 3.40. The molecule has 2 aromatic carbocycles. The summed E-state index contributed by atoms with van der Waals surface area (Å²) >= 11 is 0. The van der Waals surface area contributed by atoms with Crippen LogP contribution in [0.5, 0.6) is 0 Å². The summed E-state index contributed by atoms with van der Waals surface area (Å²) in [5, 5.41) is 21.1. The normalized spacial score (nSPS) is 15.6. The van der Waals surface area contributed by atoms with Crippen molar-refractivity contribution in [2.45, 2.75) is 44.7 Å². The fraction of sp³-hybridized carbons (Fsp3) is 0.310. The second-order valence-corrected chi connectivity index (χ2v) is 9.55. The maximum Gasteiger partial charge on any atom is 0.251 e. The van der Waals surface area contributed by atoms with Crippen LogP contribution in [0.25, 0.3) is 17.0 Å². The molecule has 0 saturated carbocycles. The molecule has 8 heteroatoms. The Hall–Kier alpha value is -4.06. The monoisotopic (exact) mass is 497 g/mol. The minimum Gasteiger partial charge on any atom is -0.419 e. The van der Waals surface area contributed by atoms with Gasteiger partial charge in [-0.05, 0) is 68.0 Å². The highest BCUT2D eigenvalue weighted by Crippen LogP contribution is 2.33. The number of hydrogen-bond acceptors (Lipinski definition) is 7. The van der Waals surface area contributed by atoms with Crippen LogP contribution >= 0.6 is 0 Å². The molecule has 190 valence electrons. The van der Waals surface area contributed by atoms with Crippen molar-refractivity contribution in [3.8, 4) is 17.5 Å². The number of carbonyl (C=O) groups excluding carboxylic acids is 1. The second kappa shape index (κ2) is 11.3. The van der Waals surface area contributed by atoms with Crippen LogP contribution in [0, 0.1) is 11.3 Å². The van der Waals surface area contributed by atoms with Gasteiger partial charge in [0.15, 0.2) is 0 Å². The van der Waals surface area contributed by atoms with Crippen molar-refractivity contribution in [3.05, 3.63) is 88.8 Å². The molecule has 3 N–H and O–H groups in total. The van der Waals surface area contributed by atoms with Gasteiger partial charge in [-0.25, -0.2) is 0 Å². The smallest absolute Gasteiger partial charge is 0.251 e. The van der Waals surface area contributed by atoms with Crippen LogP contribution in [0.15, 0.2) is 70.7 Å². The molecular formula is C29H31N5O3. The lowest BCUT2D eigenvalue weighted by atomic mass is 9.90. The molecule has 1 aliphatic rings. The van der Waals surface area contributed by atoms with Gasteiger partial charge in [0.1, 0.15) is 0 Å². The fourth-order valence-corrected chi connectivity index (χ4v) is 4.36. The molecule has 2 atom stereocenters. The lowest BCUT2D eigenvalue weighted by Gasteiger charge is -2.20. The number of nitrogens with one attached hydrogen (secondary N) is 1. The Bertz CT molecular complexity index is 1370. The first kappa shape index (κ1) is 26.0. The maximum atomic E-state index is 13.1. The summed E-state index contributed by atoms with van der Waals surface area (Å²) in [4.78, 5) is 13.1. The van der Waals surface area contributed by atoms with Crippen molar-refractivity contribution in [1.82, 2.24) is 15.5 Å². The predicted molar refractivity (Wildman–Crippen MR) is 141 cm³/mol. The zero-order valence-corrected chi connectivity index (χ0v) is 21.3. The van der Waals surface area contributed by atoms with Gasteiger partial charge < -0.3 is 20.2 Å². The number of methoxy groups -OCH3 is 1. The van der Waals surface area contributed by atoms with Gasteiger partial charge in [-0.3, -0.25) is 4.79 Å². The predicted octanol–water partition coefficient (Wildman–Crippen LogP) is 4.55. The Morgan fingerprint density at radius 3 is 2.65 bits per heavy atom. The summed E-state index contributed by atoms with van der Waals surface area (Å²) in [6, 6.07) is 17.3. The highest BCUT2D eigenvalue weighted by atomic mass is 16.5. The largest absolute Gasteiger partial charge is 0.419 e. The molecule has 0 fully saturated rings. The molecule has 3 aromatic rings. The van der Waals surface area contributed by atoms with E-state index in [1.165, 1.54) is 0 Å². The molecule has 37 heavy (non-hydrogen) atoms. The number of allylic oxidation sites excluding steroid dienone is 4. The van der Waals surface area contributed by atoms with Crippen LogP contribution in [0.3, 0.4) is 0 Å². The molecule has 1 aromatic heterocycles. The number of nitrogens with two attached hydrogens (primary N) is 1. The lowest BCUT2D eigenvalue weighted by Crippen LogP contribution is -2.35. The van der Waals surface area contributed by atoms with E-state index in [1.807, 2.05) is 62.4 Å². The topological polar surface area (TPSA) is 127 Å². The Morgan fingerprint density at radius 2 is 1.92 bits per heavy atom. The SMILES string of the molecule is COCC(C)NC(=O)c1cc(C2=CCCC=C2C#N)cc(-c2nnc([C@](C)(N)Cc3ccccc3)o2)c1. The zero-order valence-electron chi connectivity index (χ0n) is 21.3. The molecule has 0 radical (unpaired) electrons. The van der Waals surface area contributed by atoms with Crippen LogP contribution < -0.4 is 11.1 Å². The van der Waals surface area contributed by atoms with E-state index in [0.717, 1.165) is 29.5 Å². The average molecular weight is 498 g/mol. The van der Waals surface area contributed by atoms with Gasteiger partial charge in [0.05, 0.1) is 23.8 Å². The number of ether oxygens (including phenoxy) is 1. The van der Waals surface area contributed by atoms with Crippen molar-refractivity contribution >= 4 is 11.5 Å². The number of nitrogens with zero attached hydrogens (tertiary/aromatic N) is 3. The first-order chi connectivity index (χ1) is 17.8. The Morgan fingerprint density at radius 1 is 1.19 bits per heavy atom. The number of hydrogen-bond donors (Lipinski definition) is 2. The van der Waals surface area contributed by atoms with Crippen LogP contribution in [0.2, 0.25) is 0 Å². The third-order valence-electron chi connectivity index (χ3n) is 6.15. The molecule has 1 heterocycles. The van der Waals surface area contributed by atoms with E-state index in [2.05, 4.69) is 21.6 Å². The van der Waals surface area contributed by atoms with Gasteiger partial charge in [0, 0.05) is 24.3 Å². The first-order valence-electron chi connectivity index (χ1n) is 12.2. The zero-order chi connectivity index (χ0) is 26.4. The van der Waals surface area contributed by atoms with Crippen molar-refractivity contribution in [3.63, 3.8) is 0 Å². The third-order valence-corrected chi connectivity index (χ3v) is 6.15. The third kappa shape index (κ3) is 6.20. The second-order valence-electron chi connectivity index (χ2n) is 9.55. The van der Waals surface area contributed by atoms with Gasteiger partial charge >= 0.3 is 0 Å². The standard InChI is InChI=1S/C29H31N5O3/c1-19(18-36-3)32-26(35)23-13-22(25-12-8-7-11-21(25)17-30)14-24(15-23)27-33-34-28(37-27)29(2,31)16-20-9-5-4-6-10-20/h4-6,9-15,19H,7-8,16,18,31H2,1-3H3,(H,32,35)/t19?,29-/m1/s1. The van der Waals surface area contributed by atoms with E-state index in [4.69, 9.17) is 14.9 Å². The summed E-state index contributed by atoms with van der Waals surface area (Å²) in [7, 11) is 1.59. The van der Waals surface area contributed by atoms with Crippen LogP contribution in [-0.4, -0.2) is 35.9 Å². The van der Waals surface area contributed by atoms with Gasteiger partial charge in [0.25, 0.3) is 5.91 Å². The minimum atomic E-state index is -0.886. The molecule has 0 bridgehead atoms. The number of rotatable bonds is 9. The van der Waals surface area contributed by atoms with Crippen LogP contribution in [-0.2, 0) is 16.7 Å². The van der Waals surface area contributed by atoms with Gasteiger partial charge in [-0.1, -0.05) is 42.5 Å². The molecule has 8 nitrogen and oxygen atoms in total. The molecule has 1 aliphatic carbocycles. The summed E-state index contributed by atoms with van der Waals surface area (Å²) in [5.74, 6) is 0.282. The van der Waals surface area contributed by atoms with E-state index in [0.29, 0.717) is 35.6 Å². The number of amides is 1. The van der Waals surface area contributed by atoms with Crippen molar-refractivity contribution in [1.29, 1.82) is 5.26 Å². The van der Waals surface area contributed by atoms with E-state index < -0.39 is 5.54 Å². The molecule has 0 aliphatic heterocycles. The summed E-state index contributed by atoms with van der Waals surface area (Å²) in [5.41, 5.74) is 9.82. The minimum absolute atomic E-state index is 0.181. The molecule has 1 unspecified atom stereocenters. The number of aromatic nitrogens is 2. The van der Waals surface area contributed by atoms with Crippen LogP contribution in [0.4, 0.5) is 0 Å². The summed E-state index contributed by atoms with van der Waals surface area (Å²) < 4.78 is 11.2. The number of benzene rings is 2. The van der Waals surface area contributed by atoms with E-state index in [1.54, 1.807) is 19.2 Å². The van der Waals surface area contributed by atoms with Crippen LogP contribution in [0.1, 0.15) is 54.1 Å². The molecular weight excluding hydrogens is 466 g/mol. The van der Waals surface area contributed by atoms with Crippen molar-refractivity contribution < 1.29 is 13.9 Å². The van der Waals surface area contributed by atoms with Crippen molar-refractivity contribution in [2.75, 3.05) is 13.7 Å². The summed E-state index contributed by atoms with van der Waals surface area (Å²) in [6.07, 6.45) is 6.06. The lowest BCUT2D eigenvalue weighted by molar-refractivity contribution is 0.0905. The quantitative estimate of drug-likeness (QED) is 0.444. The maximum absolute atomic E-state index is 13.1. The van der Waals surface area contributed by atoms with E-state index in [9.17, 15) is 10.1 Å².